The van der Waals surface area contributed by atoms with Crippen LogP contribution in [0.4, 0.5) is 0 Å². The highest BCUT2D eigenvalue weighted by Crippen LogP contribution is 2.45. The van der Waals surface area contributed by atoms with Gasteiger partial charge in [-0.3, -0.25) is 16.0 Å². The highest BCUT2D eigenvalue weighted by molar-refractivity contribution is 6.11. The molecule has 5 nitrogen and oxygen atoms in total. The topological polar surface area (TPSA) is 54.2 Å². The Morgan fingerprint density at radius 1 is 0.603 bits per heavy atom. The zero-order chi connectivity index (χ0) is 38.2. The molecule has 8 aromatic rings. The predicted octanol–water partition coefficient (Wildman–Crippen LogP) is 12.2. The van der Waals surface area contributed by atoms with E-state index in [4.69, 9.17) is 4.42 Å². The second-order valence-corrected chi connectivity index (χ2v) is 16.5. The monoisotopic (exact) mass is 752 g/mol. The third kappa shape index (κ3) is 5.57. The van der Waals surface area contributed by atoms with E-state index in [1.807, 2.05) is 0 Å². The van der Waals surface area contributed by atoms with Crippen LogP contribution in [-0.2, 0) is 0 Å². The molecular weight excluding hydrogens is 709 g/mol. The van der Waals surface area contributed by atoms with Gasteiger partial charge in [-0.25, -0.2) is 0 Å². The van der Waals surface area contributed by atoms with Gasteiger partial charge in [0.2, 0.25) is 0 Å². The summed E-state index contributed by atoms with van der Waals surface area (Å²) in [6.45, 7) is 0. The van der Waals surface area contributed by atoms with E-state index < -0.39 is 0 Å². The number of aromatic nitrogens is 1. The standard InChI is InChI=1S/C53H44N4O/c1-2-12-33(13-3-1)38-28-29-46-44(32-38)41-18-8-9-21-45(41)57(46)47-22-10-19-42-49-43(20-11-23-48(49)58-50(42)47)53-55-51(39-26-24-34-14-4-6-16-36(34)30-39)54-52(56-53)40-27-25-35-15-5-7-17-37(35)31-40/h1-6,8-16,18-19,21-30,32,37,43,51-56H,7,17,20,31H2. The maximum Gasteiger partial charge on any atom is 0.159 e. The summed E-state index contributed by atoms with van der Waals surface area (Å²) in [6, 6.07) is 48.5. The van der Waals surface area contributed by atoms with E-state index in [1.165, 1.54) is 77.8 Å². The molecular formula is C53H44N4O. The van der Waals surface area contributed by atoms with Crippen LogP contribution < -0.4 is 16.0 Å². The lowest BCUT2D eigenvalue weighted by atomic mass is 9.79. The molecule has 6 aromatic carbocycles. The Balaban J connectivity index is 0.967. The fourth-order valence-corrected chi connectivity index (χ4v) is 10.3. The lowest BCUT2D eigenvalue weighted by Crippen LogP contribution is -2.65. The number of allylic oxidation sites excluding steroid dienone is 6. The van der Waals surface area contributed by atoms with Crippen LogP contribution in [0.15, 0.2) is 179 Å². The molecule has 3 N–H and O–H groups in total. The van der Waals surface area contributed by atoms with Gasteiger partial charge in [-0.1, -0.05) is 134 Å². The normalized spacial score (nSPS) is 22.9. The first kappa shape index (κ1) is 33.9. The molecule has 1 fully saturated rings. The predicted molar refractivity (Wildman–Crippen MR) is 239 cm³/mol. The van der Waals surface area contributed by atoms with Crippen LogP contribution in [-0.4, -0.2) is 16.9 Å². The van der Waals surface area contributed by atoms with Crippen molar-refractivity contribution >= 4 is 49.6 Å². The second kappa shape index (κ2) is 13.7. The van der Waals surface area contributed by atoms with E-state index >= 15 is 0 Å². The molecule has 0 amide bonds. The minimum Gasteiger partial charge on any atom is -0.454 e. The van der Waals surface area contributed by atoms with E-state index in [0.29, 0.717) is 5.92 Å². The van der Waals surface area contributed by atoms with Crippen molar-refractivity contribution in [3.05, 3.63) is 192 Å². The van der Waals surface area contributed by atoms with E-state index in [1.54, 1.807) is 0 Å². The average molecular weight is 753 g/mol. The van der Waals surface area contributed by atoms with E-state index in [-0.39, 0.29) is 24.4 Å². The van der Waals surface area contributed by atoms with Crippen LogP contribution in [0, 0.1) is 5.92 Å². The van der Waals surface area contributed by atoms with Gasteiger partial charge in [-0.15, -0.1) is 0 Å². The fourth-order valence-electron chi connectivity index (χ4n) is 10.3. The fraction of sp³-hybridized carbons (Fsp3) is 0.170. The molecule has 4 aliphatic rings. The van der Waals surface area contributed by atoms with Crippen LogP contribution in [0.25, 0.3) is 66.4 Å². The Hall–Kier alpha value is -6.24. The zero-order valence-electron chi connectivity index (χ0n) is 32.2. The van der Waals surface area contributed by atoms with Crippen LogP contribution in [0.5, 0.6) is 0 Å². The summed E-state index contributed by atoms with van der Waals surface area (Å²) in [4.78, 5) is 0. The first-order valence-electron chi connectivity index (χ1n) is 20.9. The summed E-state index contributed by atoms with van der Waals surface area (Å²) in [7, 11) is 0. The Kier molecular flexibility index (Phi) is 8.00. The molecule has 0 spiro atoms. The third-order valence-corrected chi connectivity index (χ3v) is 13.2. The van der Waals surface area contributed by atoms with Gasteiger partial charge in [0, 0.05) is 27.6 Å². The summed E-state index contributed by atoms with van der Waals surface area (Å²) in [6.07, 6.45) is 18.2. The quantitative estimate of drug-likeness (QED) is 0.164. The molecule has 2 aromatic heterocycles. The molecule has 12 rings (SSSR count). The van der Waals surface area contributed by atoms with Crippen LogP contribution >= 0.6 is 0 Å². The van der Waals surface area contributed by atoms with Crippen LogP contribution in [0.3, 0.4) is 0 Å². The number of furan rings is 1. The van der Waals surface area contributed by atoms with Crippen molar-refractivity contribution in [3.8, 4) is 16.8 Å². The lowest BCUT2D eigenvalue weighted by molar-refractivity contribution is 0.191. The van der Waals surface area contributed by atoms with Crippen molar-refractivity contribution in [1.29, 1.82) is 0 Å². The van der Waals surface area contributed by atoms with Crippen molar-refractivity contribution < 1.29 is 4.42 Å². The molecule has 3 heterocycles. The summed E-state index contributed by atoms with van der Waals surface area (Å²) >= 11 is 0. The summed E-state index contributed by atoms with van der Waals surface area (Å²) < 4.78 is 9.42. The molecule has 1 saturated heterocycles. The van der Waals surface area contributed by atoms with Crippen molar-refractivity contribution in [2.24, 2.45) is 5.92 Å². The summed E-state index contributed by atoms with van der Waals surface area (Å²) in [5.74, 6) is 1.67. The molecule has 5 atom stereocenters. The zero-order valence-corrected chi connectivity index (χ0v) is 32.2. The smallest absolute Gasteiger partial charge is 0.159 e. The first-order valence-corrected chi connectivity index (χ1v) is 20.9. The van der Waals surface area contributed by atoms with Gasteiger partial charge in [-0.2, -0.15) is 0 Å². The van der Waals surface area contributed by atoms with Crippen molar-refractivity contribution in [1.82, 2.24) is 20.5 Å². The molecule has 0 bridgehead atoms. The maximum absolute atomic E-state index is 7.02. The largest absolute Gasteiger partial charge is 0.454 e. The molecule has 3 aliphatic carbocycles. The van der Waals surface area contributed by atoms with Gasteiger partial charge >= 0.3 is 0 Å². The minimum atomic E-state index is -0.0418. The highest BCUT2D eigenvalue weighted by atomic mass is 16.3. The van der Waals surface area contributed by atoms with Gasteiger partial charge in [0.05, 0.1) is 35.2 Å². The number of hydrogen-bond acceptors (Lipinski definition) is 4. The lowest BCUT2D eigenvalue weighted by Gasteiger charge is -2.44. The third-order valence-electron chi connectivity index (χ3n) is 13.2. The van der Waals surface area contributed by atoms with Crippen LogP contribution in [0.2, 0.25) is 0 Å². The average Bonchev–Trinajstić information content (AvgIpc) is 3.85. The number of fused-ring (bicyclic) bond motifs is 8. The van der Waals surface area contributed by atoms with E-state index in [9.17, 15) is 0 Å². The Labute approximate surface area is 338 Å². The second-order valence-electron chi connectivity index (χ2n) is 16.5. The molecule has 282 valence electrons. The highest BCUT2D eigenvalue weighted by Gasteiger charge is 2.39. The minimum absolute atomic E-state index is 0.0157. The van der Waals surface area contributed by atoms with Crippen LogP contribution in [0.1, 0.15) is 54.7 Å². The summed E-state index contributed by atoms with van der Waals surface area (Å²) in [5, 5.41) is 18.4. The molecule has 5 unspecified atom stereocenters. The molecule has 0 radical (unpaired) electrons. The molecule has 5 heteroatoms. The number of nitrogens with zero attached hydrogens (tertiary/aromatic N) is 1. The van der Waals surface area contributed by atoms with Gasteiger partial charge in [0.25, 0.3) is 0 Å². The van der Waals surface area contributed by atoms with Crippen molar-refractivity contribution in [3.63, 3.8) is 0 Å². The van der Waals surface area contributed by atoms with Gasteiger partial charge < -0.3 is 8.98 Å². The number of benzene rings is 6. The first-order chi connectivity index (χ1) is 28.7. The van der Waals surface area contributed by atoms with Crippen molar-refractivity contribution in [2.45, 2.75) is 50.1 Å². The Morgan fingerprint density at radius 2 is 1.43 bits per heavy atom. The van der Waals surface area contributed by atoms with E-state index in [0.717, 1.165) is 36.3 Å². The van der Waals surface area contributed by atoms with Gasteiger partial charge in [-0.05, 0) is 107 Å². The number of nitrogens with one attached hydrogen (secondary N) is 3. The molecule has 0 saturated carbocycles. The number of rotatable bonds is 5. The maximum atomic E-state index is 7.02. The van der Waals surface area contributed by atoms with Gasteiger partial charge in [0.15, 0.2) is 5.58 Å². The van der Waals surface area contributed by atoms with Gasteiger partial charge in [0.1, 0.15) is 5.76 Å². The van der Waals surface area contributed by atoms with E-state index in [2.05, 4.69) is 190 Å². The molecule has 58 heavy (non-hydrogen) atoms. The summed E-state index contributed by atoms with van der Waals surface area (Å²) in [5.41, 5.74) is 12.2. The number of hydrogen-bond donors (Lipinski definition) is 3. The SMILES string of the molecule is C1=CC2=CC=C(C3NC(c4ccc5ccccc5c4)NC(C4CC=Cc5oc6c(-n7c8ccccc8c8cc(-c9ccccc9)ccc87)cccc6c54)N3)CC2CC1. The van der Waals surface area contributed by atoms with Crippen molar-refractivity contribution in [2.75, 3.05) is 0 Å². The Bertz CT molecular complexity index is 3030. The Morgan fingerprint density at radius 3 is 2.38 bits per heavy atom. The molecule has 1 aliphatic heterocycles. The number of para-hydroxylation sites is 2.